The summed E-state index contributed by atoms with van der Waals surface area (Å²) in [7, 11) is 0. The lowest BCUT2D eigenvalue weighted by molar-refractivity contribution is 0.844. The number of aromatic nitrogens is 2. The van der Waals surface area contributed by atoms with Gasteiger partial charge in [0, 0.05) is 16.5 Å². The van der Waals surface area contributed by atoms with Gasteiger partial charge in [-0.05, 0) is 24.3 Å². The van der Waals surface area contributed by atoms with Crippen molar-refractivity contribution in [1.82, 2.24) is 9.78 Å². The minimum absolute atomic E-state index is 0.630. The second-order valence-corrected chi connectivity index (χ2v) is 4.37. The van der Waals surface area contributed by atoms with E-state index in [1.807, 2.05) is 6.07 Å². The molecule has 0 spiro atoms. The van der Waals surface area contributed by atoms with E-state index in [1.165, 1.54) is 0 Å². The molecule has 1 heterocycles. The van der Waals surface area contributed by atoms with E-state index in [0.717, 1.165) is 16.7 Å². The molecular weight excluding hydrogens is 299 g/mol. The highest BCUT2D eigenvalue weighted by molar-refractivity contribution is 9.08. The lowest BCUT2D eigenvalue weighted by atomic mass is 10.3. The molecule has 0 atom stereocenters. The molecule has 0 aliphatic carbocycles. The molecule has 1 aromatic heterocycles. The summed E-state index contributed by atoms with van der Waals surface area (Å²) in [5.41, 5.74) is 1.82. The zero-order valence-corrected chi connectivity index (χ0v) is 10.7. The fourth-order valence-corrected chi connectivity index (χ4v) is 2.09. The number of hydrogen-bond acceptors (Lipinski definition) is 1. The monoisotopic (exact) mass is 304 g/mol. The average Bonchev–Trinajstić information content (AvgIpc) is 2.69. The molecule has 2 aromatic rings. The lowest BCUT2D eigenvalue weighted by Crippen LogP contribution is -2.00. The van der Waals surface area contributed by atoms with Gasteiger partial charge in [0.05, 0.1) is 16.4 Å². The van der Waals surface area contributed by atoms with Gasteiger partial charge in [0.15, 0.2) is 0 Å². The number of nitrogens with zero attached hydrogens (tertiary/aromatic N) is 2. The van der Waals surface area contributed by atoms with Gasteiger partial charge < -0.3 is 0 Å². The van der Waals surface area contributed by atoms with Crippen molar-refractivity contribution >= 4 is 39.1 Å². The van der Waals surface area contributed by atoms with Crippen molar-refractivity contribution in [3.8, 4) is 5.69 Å². The first-order valence-corrected chi connectivity index (χ1v) is 6.14. The van der Waals surface area contributed by atoms with E-state index in [0.29, 0.717) is 10.0 Å². The molecule has 2 rings (SSSR count). The van der Waals surface area contributed by atoms with Crippen LogP contribution in [0.3, 0.4) is 0 Å². The Kier molecular flexibility index (Phi) is 3.34. The Bertz CT molecular complexity index is 482. The van der Waals surface area contributed by atoms with Gasteiger partial charge in [0.2, 0.25) is 0 Å². The van der Waals surface area contributed by atoms with Crippen molar-refractivity contribution in [2.45, 2.75) is 5.33 Å². The summed E-state index contributed by atoms with van der Waals surface area (Å²) in [6, 6.07) is 7.23. The first kappa shape index (κ1) is 11.0. The van der Waals surface area contributed by atoms with Gasteiger partial charge >= 0.3 is 0 Å². The van der Waals surface area contributed by atoms with Gasteiger partial charge in [-0.25, -0.2) is 4.68 Å². The largest absolute Gasteiger partial charge is 0.235 e. The maximum Gasteiger partial charge on any atom is 0.0850 e. The highest BCUT2D eigenvalue weighted by Crippen LogP contribution is 2.25. The van der Waals surface area contributed by atoms with Gasteiger partial charge in [0.25, 0.3) is 0 Å². The molecule has 0 aliphatic rings. The van der Waals surface area contributed by atoms with E-state index < -0.39 is 0 Å². The number of rotatable bonds is 2. The summed E-state index contributed by atoms with van der Waals surface area (Å²) in [4.78, 5) is 0. The predicted octanol–water partition coefficient (Wildman–Crippen LogP) is 4.07. The van der Waals surface area contributed by atoms with E-state index >= 15 is 0 Å². The molecule has 0 saturated heterocycles. The van der Waals surface area contributed by atoms with Crippen molar-refractivity contribution in [2.75, 3.05) is 0 Å². The maximum atomic E-state index is 6.08. The summed E-state index contributed by atoms with van der Waals surface area (Å²) in [5, 5.41) is 6.19. The van der Waals surface area contributed by atoms with Crippen LogP contribution in [0.25, 0.3) is 5.69 Å². The molecule has 78 valence electrons. The van der Waals surface area contributed by atoms with Gasteiger partial charge in [-0.2, -0.15) is 5.10 Å². The van der Waals surface area contributed by atoms with Crippen LogP contribution in [0.15, 0.2) is 30.5 Å². The van der Waals surface area contributed by atoms with Gasteiger partial charge in [0.1, 0.15) is 0 Å². The van der Waals surface area contributed by atoms with Crippen molar-refractivity contribution in [3.63, 3.8) is 0 Å². The molecule has 1 aromatic carbocycles. The van der Waals surface area contributed by atoms with E-state index in [2.05, 4.69) is 21.0 Å². The molecule has 15 heavy (non-hydrogen) atoms. The van der Waals surface area contributed by atoms with Gasteiger partial charge in [-0.3, -0.25) is 0 Å². The molecule has 0 amide bonds. The number of benzene rings is 1. The molecule has 0 radical (unpaired) electrons. The fourth-order valence-electron chi connectivity index (χ4n) is 1.30. The van der Waals surface area contributed by atoms with Crippen LogP contribution < -0.4 is 0 Å². The normalized spacial score (nSPS) is 10.6. The Hall–Kier alpha value is -0.510. The van der Waals surface area contributed by atoms with Crippen LogP contribution in [0.1, 0.15) is 5.69 Å². The van der Waals surface area contributed by atoms with Crippen LogP contribution in [-0.4, -0.2) is 9.78 Å². The van der Waals surface area contributed by atoms with Crippen LogP contribution in [0.4, 0.5) is 0 Å². The molecule has 0 bridgehead atoms. The molecule has 0 saturated carbocycles. The first-order chi connectivity index (χ1) is 7.22. The van der Waals surface area contributed by atoms with Crippen molar-refractivity contribution in [3.05, 3.63) is 46.2 Å². The minimum atomic E-state index is 0.630. The summed E-state index contributed by atoms with van der Waals surface area (Å²) in [5.74, 6) is 0. The summed E-state index contributed by atoms with van der Waals surface area (Å²) < 4.78 is 1.77. The molecule has 0 unspecified atom stereocenters. The maximum absolute atomic E-state index is 6.08. The van der Waals surface area contributed by atoms with E-state index in [-0.39, 0.29) is 0 Å². The molecule has 0 fully saturated rings. The van der Waals surface area contributed by atoms with E-state index in [9.17, 15) is 0 Å². The zero-order chi connectivity index (χ0) is 10.8. The SMILES string of the molecule is Clc1ccc(Cl)c(-n2nccc2CBr)c1. The van der Waals surface area contributed by atoms with Crippen LogP contribution in [0, 0.1) is 0 Å². The third-order valence-corrected chi connectivity index (χ3v) is 3.12. The van der Waals surface area contributed by atoms with Gasteiger partial charge in [-0.15, -0.1) is 0 Å². The summed E-state index contributed by atoms with van der Waals surface area (Å²) >= 11 is 15.4. The van der Waals surface area contributed by atoms with Crippen LogP contribution in [-0.2, 0) is 5.33 Å². The molecular formula is C10H7BrCl2N2. The van der Waals surface area contributed by atoms with Crippen molar-refractivity contribution < 1.29 is 0 Å². The second-order valence-electron chi connectivity index (χ2n) is 2.96. The Morgan fingerprint density at radius 1 is 1.27 bits per heavy atom. The quantitative estimate of drug-likeness (QED) is 0.765. The van der Waals surface area contributed by atoms with Gasteiger partial charge in [-0.1, -0.05) is 39.1 Å². The number of hydrogen-bond donors (Lipinski definition) is 0. The van der Waals surface area contributed by atoms with Crippen LogP contribution >= 0.6 is 39.1 Å². The Balaban J connectivity index is 2.58. The molecule has 0 N–H and O–H groups in total. The molecule has 0 aliphatic heterocycles. The van der Waals surface area contributed by atoms with Crippen molar-refractivity contribution in [1.29, 1.82) is 0 Å². The Morgan fingerprint density at radius 3 is 2.80 bits per heavy atom. The molecule has 2 nitrogen and oxygen atoms in total. The first-order valence-electron chi connectivity index (χ1n) is 4.26. The Morgan fingerprint density at radius 2 is 2.07 bits per heavy atom. The lowest BCUT2D eigenvalue weighted by Gasteiger charge is -2.07. The fraction of sp³-hybridized carbons (Fsp3) is 0.100. The second kappa shape index (κ2) is 4.56. The smallest absolute Gasteiger partial charge is 0.0850 e. The zero-order valence-electron chi connectivity index (χ0n) is 7.62. The topological polar surface area (TPSA) is 17.8 Å². The highest BCUT2D eigenvalue weighted by Gasteiger charge is 2.08. The number of halogens is 3. The highest BCUT2D eigenvalue weighted by atomic mass is 79.9. The summed E-state index contributed by atoms with van der Waals surface area (Å²) in [6.45, 7) is 0. The standard InChI is InChI=1S/C10H7BrCl2N2/c11-6-8-3-4-14-15(8)10-5-7(12)1-2-9(10)13/h1-5H,6H2. The average molecular weight is 306 g/mol. The summed E-state index contributed by atoms with van der Waals surface area (Å²) in [6.07, 6.45) is 1.73. The molecule has 5 heteroatoms. The van der Waals surface area contributed by atoms with E-state index in [1.54, 1.807) is 29.1 Å². The third kappa shape index (κ3) is 2.19. The van der Waals surface area contributed by atoms with Crippen LogP contribution in [0.2, 0.25) is 10.0 Å². The third-order valence-electron chi connectivity index (χ3n) is 1.99. The predicted molar refractivity (Wildman–Crippen MR) is 66.2 cm³/mol. The van der Waals surface area contributed by atoms with E-state index in [4.69, 9.17) is 23.2 Å². The number of alkyl halides is 1. The minimum Gasteiger partial charge on any atom is -0.235 e. The Labute approximate surface area is 106 Å². The van der Waals surface area contributed by atoms with Crippen LogP contribution in [0.5, 0.6) is 0 Å². The van der Waals surface area contributed by atoms with Crippen molar-refractivity contribution in [2.24, 2.45) is 0 Å².